The molecule has 1 heterocycles. The van der Waals surface area contributed by atoms with Crippen molar-refractivity contribution in [2.24, 2.45) is 5.92 Å². The summed E-state index contributed by atoms with van der Waals surface area (Å²) in [4.78, 5) is 25.1. The molecule has 0 atom stereocenters. The second-order valence-electron chi connectivity index (χ2n) is 5.29. The molecule has 0 bridgehead atoms. The van der Waals surface area contributed by atoms with Crippen LogP contribution in [0.1, 0.15) is 22.5 Å². The van der Waals surface area contributed by atoms with Crippen molar-refractivity contribution >= 4 is 33.3 Å². The fraction of sp³-hybridized carbons (Fsp3) is 0.333. The van der Waals surface area contributed by atoms with Gasteiger partial charge in [0.05, 0.1) is 4.88 Å². The van der Waals surface area contributed by atoms with Crippen LogP contribution in [-0.4, -0.2) is 35.0 Å². The molecule has 1 fully saturated rings. The first-order chi connectivity index (χ1) is 10.0. The van der Waals surface area contributed by atoms with E-state index in [9.17, 15) is 14.0 Å². The van der Waals surface area contributed by atoms with E-state index in [0.29, 0.717) is 27.4 Å². The van der Waals surface area contributed by atoms with Crippen LogP contribution in [0.25, 0.3) is 10.1 Å². The Morgan fingerprint density at radius 2 is 2.14 bits per heavy atom. The van der Waals surface area contributed by atoms with Gasteiger partial charge in [0.2, 0.25) is 0 Å². The summed E-state index contributed by atoms with van der Waals surface area (Å²) in [5.74, 6) is -1.32. The summed E-state index contributed by atoms with van der Waals surface area (Å²) in [6.45, 7) is 0.147. The highest BCUT2D eigenvalue weighted by Crippen LogP contribution is 2.32. The summed E-state index contributed by atoms with van der Waals surface area (Å²) in [7, 11) is 0. The molecule has 6 heteroatoms. The highest BCUT2D eigenvalue weighted by Gasteiger charge is 2.29. The van der Waals surface area contributed by atoms with E-state index >= 15 is 0 Å². The number of carbonyl (C=O) groups excluding carboxylic acids is 1. The molecule has 3 rings (SSSR count). The zero-order valence-electron chi connectivity index (χ0n) is 11.2. The Labute approximate surface area is 124 Å². The fourth-order valence-corrected chi connectivity index (χ4v) is 3.32. The SMILES string of the molecule is O=C(O)CN(CC1CC1)C(=O)c1cc2c(F)cccc2s1. The van der Waals surface area contributed by atoms with Crippen molar-refractivity contribution in [2.75, 3.05) is 13.1 Å². The van der Waals surface area contributed by atoms with E-state index in [1.807, 2.05) is 0 Å². The maximum absolute atomic E-state index is 13.7. The highest BCUT2D eigenvalue weighted by atomic mass is 32.1. The number of halogens is 1. The Bertz CT molecular complexity index is 708. The number of hydrogen-bond acceptors (Lipinski definition) is 3. The number of hydrogen-bond donors (Lipinski definition) is 1. The molecule has 2 aromatic rings. The molecule has 110 valence electrons. The minimum absolute atomic E-state index is 0.313. The highest BCUT2D eigenvalue weighted by molar-refractivity contribution is 7.20. The van der Waals surface area contributed by atoms with Crippen LogP contribution in [0.3, 0.4) is 0 Å². The van der Waals surface area contributed by atoms with Gasteiger partial charge in [0.1, 0.15) is 12.4 Å². The number of amides is 1. The van der Waals surface area contributed by atoms with Crippen LogP contribution in [0, 0.1) is 11.7 Å². The third kappa shape index (κ3) is 3.05. The molecular weight excluding hydrogens is 293 g/mol. The number of aliphatic carboxylic acids is 1. The standard InChI is InChI=1S/C15H14FNO3S/c16-11-2-1-3-12-10(11)6-13(21-12)15(20)17(8-14(18)19)7-9-4-5-9/h1-3,6,9H,4-5,7-8H2,(H,18,19). The molecule has 0 radical (unpaired) electrons. The molecule has 0 aliphatic heterocycles. The number of rotatable bonds is 5. The molecular formula is C15H14FNO3S. The van der Waals surface area contributed by atoms with Crippen molar-refractivity contribution in [3.05, 3.63) is 35.0 Å². The van der Waals surface area contributed by atoms with E-state index in [1.165, 1.54) is 28.4 Å². The van der Waals surface area contributed by atoms with E-state index in [-0.39, 0.29) is 18.3 Å². The molecule has 0 spiro atoms. The molecule has 1 aromatic carbocycles. The Morgan fingerprint density at radius 1 is 1.38 bits per heavy atom. The van der Waals surface area contributed by atoms with Gasteiger partial charge in [0.25, 0.3) is 5.91 Å². The van der Waals surface area contributed by atoms with Crippen molar-refractivity contribution in [3.8, 4) is 0 Å². The molecule has 1 saturated carbocycles. The van der Waals surface area contributed by atoms with Crippen LogP contribution < -0.4 is 0 Å². The van der Waals surface area contributed by atoms with Gasteiger partial charge in [0.15, 0.2) is 0 Å². The number of nitrogens with zero attached hydrogens (tertiary/aromatic N) is 1. The molecule has 1 N–H and O–H groups in total. The average molecular weight is 307 g/mol. The molecule has 1 amide bonds. The quantitative estimate of drug-likeness (QED) is 0.924. The second kappa shape index (κ2) is 5.44. The van der Waals surface area contributed by atoms with Crippen LogP contribution in [0.2, 0.25) is 0 Å². The minimum Gasteiger partial charge on any atom is -0.480 e. The number of fused-ring (bicyclic) bond motifs is 1. The molecule has 1 aromatic heterocycles. The second-order valence-corrected chi connectivity index (χ2v) is 6.37. The number of carboxylic acid groups (broad SMARTS) is 1. The zero-order valence-corrected chi connectivity index (χ0v) is 12.0. The predicted octanol–water partition coefficient (Wildman–Crippen LogP) is 2.98. The molecule has 1 aliphatic carbocycles. The third-order valence-electron chi connectivity index (χ3n) is 3.51. The number of carbonyl (C=O) groups is 2. The van der Waals surface area contributed by atoms with E-state index in [0.717, 1.165) is 12.8 Å². The van der Waals surface area contributed by atoms with Crippen molar-refractivity contribution in [2.45, 2.75) is 12.8 Å². The lowest BCUT2D eigenvalue weighted by molar-refractivity contribution is -0.137. The average Bonchev–Trinajstić information content (AvgIpc) is 3.13. The van der Waals surface area contributed by atoms with Crippen LogP contribution >= 0.6 is 11.3 Å². The molecule has 0 unspecified atom stereocenters. The smallest absolute Gasteiger partial charge is 0.323 e. The summed E-state index contributed by atoms with van der Waals surface area (Å²) in [5.41, 5.74) is 0. The van der Waals surface area contributed by atoms with Crippen molar-refractivity contribution < 1.29 is 19.1 Å². The van der Waals surface area contributed by atoms with Gasteiger partial charge in [0, 0.05) is 16.6 Å². The largest absolute Gasteiger partial charge is 0.480 e. The van der Waals surface area contributed by atoms with Gasteiger partial charge in [-0.3, -0.25) is 9.59 Å². The Kier molecular flexibility index (Phi) is 3.63. The first kappa shape index (κ1) is 14.0. The summed E-state index contributed by atoms with van der Waals surface area (Å²) in [6.07, 6.45) is 2.06. The molecule has 21 heavy (non-hydrogen) atoms. The predicted molar refractivity (Wildman–Crippen MR) is 78.0 cm³/mol. The first-order valence-corrected chi connectivity index (χ1v) is 7.55. The van der Waals surface area contributed by atoms with Crippen LogP contribution in [-0.2, 0) is 4.79 Å². The van der Waals surface area contributed by atoms with Crippen LogP contribution in [0.5, 0.6) is 0 Å². The maximum Gasteiger partial charge on any atom is 0.323 e. The van der Waals surface area contributed by atoms with Gasteiger partial charge in [-0.1, -0.05) is 6.07 Å². The van der Waals surface area contributed by atoms with E-state index in [2.05, 4.69) is 0 Å². The minimum atomic E-state index is -1.03. The fourth-order valence-electron chi connectivity index (χ4n) is 2.28. The molecule has 0 saturated heterocycles. The number of thiophene rings is 1. The summed E-state index contributed by atoms with van der Waals surface area (Å²) < 4.78 is 14.4. The van der Waals surface area contributed by atoms with Gasteiger partial charge < -0.3 is 10.0 Å². The van der Waals surface area contributed by atoms with Crippen molar-refractivity contribution in [1.82, 2.24) is 4.90 Å². The normalized spacial score (nSPS) is 14.3. The van der Waals surface area contributed by atoms with Gasteiger partial charge >= 0.3 is 5.97 Å². The van der Waals surface area contributed by atoms with Gasteiger partial charge in [-0.05, 0) is 37.0 Å². The first-order valence-electron chi connectivity index (χ1n) is 6.73. The van der Waals surface area contributed by atoms with Crippen molar-refractivity contribution in [1.29, 1.82) is 0 Å². The summed E-state index contributed by atoms with van der Waals surface area (Å²) in [5, 5.41) is 9.36. The number of carboxylic acids is 1. The monoisotopic (exact) mass is 307 g/mol. The zero-order chi connectivity index (χ0) is 15.0. The maximum atomic E-state index is 13.7. The van der Waals surface area contributed by atoms with Gasteiger partial charge in [-0.15, -0.1) is 11.3 Å². The lowest BCUT2D eigenvalue weighted by atomic mass is 10.2. The van der Waals surface area contributed by atoms with E-state index < -0.39 is 5.97 Å². The Morgan fingerprint density at radius 3 is 2.76 bits per heavy atom. The molecule has 4 nitrogen and oxygen atoms in total. The van der Waals surface area contributed by atoms with Gasteiger partial charge in [-0.25, -0.2) is 4.39 Å². The van der Waals surface area contributed by atoms with Crippen LogP contribution in [0.4, 0.5) is 4.39 Å². The van der Waals surface area contributed by atoms with E-state index in [4.69, 9.17) is 5.11 Å². The topological polar surface area (TPSA) is 57.6 Å². The van der Waals surface area contributed by atoms with Crippen LogP contribution in [0.15, 0.2) is 24.3 Å². The number of benzene rings is 1. The summed E-state index contributed by atoms with van der Waals surface area (Å²) in [6, 6.07) is 6.21. The Balaban J connectivity index is 1.88. The third-order valence-corrected chi connectivity index (χ3v) is 4.60. The van der Waals surface area contributed by atoms with E-state index in [1.54, 1.807) is 12.1 Å². The van der Waals surface area contributed by atoms with Gasteiger partial charge in [-0.2, -0.15) is 0 Å². The Hall–Kier alpha value is -1.95. The van der Waals surface area contributed by atoms with Crippen molar-refractivity contribution in [3.63, 3.8) is 0 Å². The summed E-state index contributed by atoms with van der Waals surface area (Å²) >= 11 is 1.20. The molecule has 1 aliphatic rings. The lowest BCUT2D eigenvalue weighted by Crippen LogP contribution is -2.36. The lowest BCUT2D eigenvalue weighted by Gasteiger charge is -2.19.